The van der Waals surface area contributed by atoms with Gasteiger partial charge in [0.15, 0.2) is 0 Å². The summed E-state index contributed by atoms with van der Waals surface area (Å²) in [5, 5.41) is 5.51. The van der Waals surface area contributed by atoms with Crippen LogP contribution in [-0.4, -0.2) is 18.7 Å². The minimum atomic E-state index is 0.357. The van der Waals surface area contributed by atoms with Crippen LogP contribution in [-0.2, 0) is 11.3 Å². The fourth-order valence-electron chi connectivity index (χ4n) is 1.48. The van der Waals surface area contributed by atoms with Crippen LogP contribution in [0.3, 0.4) is 0 Å². The van der Waals surface area contributed by atoms with Crippen LogP contribution in [0.1, 0.15) is 38.5 Å². The third-order valence-corrected chi connectivity index (χ3v) is 3.28. The van der Waals surface area contributed by atoms with E-state index in [1.54, 1.807) is 11.3 Å². The van der Waals surface area contributed by atoms with Crippen LogP contribution in [0.2, 0.25) is 0 Å². The number of hydrogen-bond donors (Lipinski definition) is 1. The Balaban J connectivity index is 2.00. The number of rotatable bonds is 8. The van der Waals surface area contributed by atoms with Crippen LogP contribution >= 0.6 is 11.3 Å². The Morgan fingerprint density at radius 1 is 1.38 bits per heavy atom. The lowest BCUT2D eigenvalue weighted by molar-refractivity contribution is 0.0479. The van der Waals surface area contributed by atoms with Gasteiger partial charge in [0.1, 0.15) is 0 Å². The van der Waals surface area contributed by atoms with Crippen molar-refractivity contribution in [1.29, 1.82) is 0 Å². The Bertz CT molecular complexity index is 259. The molecule has 3 heteroatoms. The molecule has 0 aliphatic rings. The van der Waals surface area contributed by atoms with E-state index in [1.807, 2.05) is 0 Å². The summed E-state index contributed by atoms with van der Waals surface area (Å²) < 4.78 is 5.78. The highest BCUT2D eigenvalue weighted by atomic mass is 32.1. The first-order chi connectivity index (χ1) is 7.68. The molecule has 0 saturated heterocycles. The van der Waals surface area contributed by atoms with Gasteiger partial charge in [-0.15, -0.1) is 11.3 Å². The first kappa shape index (κ1) is 13.7. The van der Waals surface area contributed by atoms with Crippen molar-refractivity contribution < 1.29 is 4.74 Å². The average Bonchev–Trinajstić information content (AvgIpc) is 2.74. The largest absolute Gasteiger partial charge is 0.373 e. The van der Waals surface area contributed by atoms with E-state index in [0.717, 1.165) is 19.6 Å². The number of ether oxygens (including phenoxy) is 1. The number of nitrogens with one attached hydrogen (secondary N) is 1. The summed E-state index contributed by atoms with van der Waals surface area (Å²) >= 11 is 1.76. The SMILES string of the molecule is CC(C)NCCCC(C)OCc1cccs1. The van der Waals surface area contributed by atoms with E-state index in [2.05, 4.69) is 43.6 Å². The first-order valence-corrected chi connectivity index (χ1v) is 6.94. The van der Waals surface area contributed by atoms with Crippen molar-refractivity contribution in [3.63, 3.8) is 0 Å². The molecule has 0 fully saturated rings. The third-order valence-electron chi connectivity index (χ3n) is 2.43. The second-order valence-corrected chi connectivity index (χ2v) is 5.48. The van der Waals surface area contributed by atoms with E-state index < -0.39 is 0 Å². The summed E-state index contributed by atoms with van der Waals surface area (Å²) in [5.41, 5.74) is 0. The topological polar surface area (TPSA) is 21.3 Å². The molecule has 0 radical (unpaired) electrons. The van der Waals surface area contributed by atoms with Gasteiger partial charge in [-0.1, -0.05) is 19.9 Å². The van der Waals surface area contributed by atoms with Crippen LogP contribution in [0.4, 0.5) is 0 Å². The quantitative estimate of drug-likeness (QED) is 0.704. The van der Waals surface area contributed by atoms with Crippen molar-refractivity contribution in [2.75, 3.05) is 6.54 Å². The predicted octanol–water partition coefficient (Wildman–Crippen LogP) is 3.43. The Morgan fingerprint density at radius 3 is 2.81 bits per heavy atom. The normalized spacial score (nSPS) is 13.2. The zero-order valence-electron chi connectivity index (χ0n) is 10.5. The molecule has 1 heterocycles. The van der Waals surface area contributed by atoms with E-state index in [4.69, 9.17) is 4.74 Å². The van der Waals surface area contributed by atoms with E-state index in [1.165, 1.54) is 11.3 Å². The van der Waals surface area contributed by atoms with E-state index in [-0.39, 0.29) is 0 Å². The highest BCUT2D eigenvalue weighted by Gasteiger charge is 2.03. The summed E-state index contributed by atoms with van der Waals surface area (Å²) in [6.45, 7) is 8.36. The van der Waals surface area contributed by atoms with Crippen molar-refractivity contribution in [1.82, 2.24) is 5.32 Å². The standard InChI is InChI=1S/C13H23NOS/c1-11(2)14-8-4-6-12(3)15-10-13-7-5-9-16-13/h5,7,9,11-12,14H,4,6,8,10H2,1-3H3. The van der Waals surface area contributed by atoms with Gasteiger partial charge < -0.3 is 10.1 Å². The highest BCUT2D eigenvalue weighted by Crippen LogP contribution is 2.12. The lowest BCUT2D eigenvalue weighted by Crippen LogP contribution is -2.24. The maximum atomic E-state index is 5.78. The van der Waals surface area contributed by atoms with Gasteiger partial charge in [-0.05, 0) is 37.8 Å². The van der Waals surface area contributed by atoms with Crippen LogP contribution in [0.25, 0.3) is 0 Å². The molecule has 0 spiro atoms. The summed E-state index contributed by atoms with van der Waals surface area (Å²) in [6.07, 6.45) is 2.67. The molecule has 2 nitrogen and oxygen atoms in total. The molecule has 1 aromatic rings. The molecule has 0 aliphatic heterocycles. The molecule has 1 N–H and O–H groups in total. The highest BCUT2D eigenvalue weighted by molar-refractivity contribution is 7.09. The molecular weight excluding hydrogens is 218 g/mol. The van der Waals surface area contributed by atoms with Gasteiger partial charge in [-0.3, -0.25) is 0 Å². The molecule has 0 amide bonds. The Kier molecular flexibility index (Phi) is 6.69. The second kappa shape index (κ2) is 7.82. The van der Waals surface area contributed by atoms with Crippen LogP contribution in [0.15, 0.2) is 17.5 Å². The average molecular weight is 241 g/mol. The maximum absolute atomic E-state index is 5.78. The number of hydrogen-bond acceptors (Lipinski definition) is 3. The van der Waals surface area contributed by atoms with Crippen molar-refractivity contribution >= 4 is 11.3 Å². The van der Waals surface area contributed by atoms with Crippen molar-refractivity contribution in [3.05, 3.63) is 22.4 Å². The van der Waals surface area contributed by atoms with Crippen LogP contribution in [0.5, 0.6) is 0 Å². The van der Waals surface area contributed by atoms with Crippen LogP contribution < -0.4 is 5.32 Å². The third kappa shape index (κ3) is 6.26. The Labute approximate surface area is 103 Å². The van der Waals surface area contributed by atoms with Gasteiger partial charge in [-0.25, -0.2) is 0 Å². The van der Waals surface area contributed by atoms with Crippen molar-refractivity contribution in [3.8, 4) is 0 Å². The monoisotopic (exact) mass is 241 g/mol. The van der Waals surface area contributed by atoms with Crippen molar-refractivity contribution in [2.24, 2.45) is 0 Å². The lowest BCUT2D eigenvalue weighted by Gasteiger charge is -2.13. The molecule has 1 aromatic heterocycles. The molecule has 1 unspecified atom stereocenters. The summed E-state index contributed by atoms with van der Waals surface area (Å²) in [6, 6.07) is 4.78. The number of thiophene rings is 1. The lowest BCUT2D eigenvalue weighted by atomic mass is 10.2. The smallest absolute Gasteiger partial charge is 0.0812 e. The predicted molar refractivity (Wildman–Crippen MR) is 70.9 cm³/mol. The van der Waals surface area contributed by atoms with Gasteiger partial charge in [-0.2, -0.15) is 0 Å². The van der Waals surface area contributed by atoms with Gasteiger partial charge in [0.25, 0.3) is 0 Å². The molecule has 0 bridgehead atoms. The summed E-state index contributed by atoms with van der Waals surface area (Å²) in [7, 11) is 0. The summed E-state index contributed by atoms with van der Waals surface area (Å²) in [5.74, 6) is 0. The van der Waals surface area contributed by atoms with Gasteiger partial charge in [0.2, 0.25) is 0 Å². The van der Waals surface area contributed by atoms with E-state index in [0.29, 0.717) is 12.1 Å². The summed E-state index contributed by atoms with van der Waals surface area (Å²) in [4.78, 5) is 1.31. The molecule has 0 aliphatic carbocycles. The fourth-order valence-corrected chi connectivity index (χ4v) is 2.11. The maximum Gasteiger partial charge on any atom is 0.0812 e. The molecule has 92 valence electrons. The first-order valence-electron chi connectivity index (χ1n) is 6.06. The minimum absolute atomic E-state index is 0.357. The van der Waals surface area contributed by atoms with Gasteiger partial charge in [0, 0.05) is 10.9 Å². The van der Waals surface area contributed by atoms with Crippen molar-refractivity contribution in [2.45, 2.75) is 52.4 Å². The molecule has 0 aromatic carbocycles. The second-order valence-electron chi connectivity index (χ2n) is 4.45. The Hall–Kier alpha value is -0.380. The molecule has 1 rings (SSSR count). The molecule has 0 saturated carbocycles. The zero-order chi connectivity index (χ0) is 11.8. The molecule has 1 atom stereocenters. The minimum Gasteiger partial charge on any atom is -0.373 e. The zero-order valence-corrected chi connectivity index (χ0v) is 11.3. The van der Waals surface area contributed by atoms with Gasteiger partial charge >= 0.3 is 0 Å². The fraction of sp³-hybridized carbons (Fsp3) is 0.692. The van der Waals surface area contributed by atoms with E-state index >= 15 is 0 Å². The van der Waals surface area contributed by atoms with Gasteiger partial charge in [0.05, 0.1) is 12.7 Å². The Morgan fingerprint density at radius 2 is 2.19 bits per heavy atom. The molecular formula is C13H23NOS. The molecule has 16 heavy (non-hydrogen) atoms. The van der Waals surface area contributed by atoms with Crippen LogP contribution in [0, 0.1) is 0 Å². The van der Waals surface area contributed by atoms with E-state index in [9.17, 15) is 0 Å².